The monoisotopic (exact) mass is 265 g/mol. The van der Waals surface area contributed by atoms with Crippen molar-refractivity contribution in [1.82, 2.24) is 9.78 Å². The van der Waals surface area contributed by atoms with Crippen molar-refractivity contribution < 1.29 is 12.7 Å². The zero-order valence-corrected chi connectivity index (χ0v) is 10.4. The summed E-state index contributed by atoms with van der Waals surface area (Å²) < 4.78 is 29.5. The number of hydrogen-bond donors (Lipinski definition) is 0. The van der Waals surface area contributed by atoms with Gasteiger partial charge in [0.15, 0.2) is 0 Å². The molecule has 0 aliphatic rings. The van der Waals surface area contributed by atoms with Crippen molar-refractivity contribution in [1.29, 1.82) is 0 Å². The molecule has 0 saturated heterocycles. The Morgan fingerprint density at radius 1 is 1.33 bits per heavy atom. The molecule has 0 saturated carbocycles. The minimum Gasteiger partial charge on any atom is -0.275 e. The topological polar surface area (TPSA) is 73.6 Å². The third-order valence-electron chi connectivity index (χ3n) is 2.10. The Kier molecular flexibility index (Phi) is 3.42. The molecule has 6 nitrogen and oxygen atoms in total. The second-order valence-corrected chi connectivity index (χ2v) is 5.05. The summed E-state index contributed by atoms with van der Waals surface area (Å²) in [6, 6.07) is 7.82. The standard InChI is InChI=1S/C11H11N3O3S/c1-14-9-10(7-12-14)8-13-17-18(15,16)11-5-3-2-4-6-11/h2-9H,1H3. The van der Waals surface area contributed by atoms with E-state index < -0.39 is 10.1 Å². The molecule has 18 heavy (non-hydrogen) atoms. The fourth-order valence-electron chi connectivity index (χ4n) is 1.28. The van der Waals surface area contributed by atoms with Crippen molar-refractivity contribution in [3.8, 4) is 0 Å². The second-order valence-electron chi connectivity index (χ2n) is 3.52. The van der Waals surface area contributed by atoms with Crippen LogP contribution in [0.1, 0.15) is 5.56 Å². The molecule has 1 aromatic heterocycles. The van der Waals surface area contributed by atoms with E-state index >= 15 is 0 Å². The summed E-state index contributed by atoms with van der Waals surface area (Å²) >= 11 is 0. The fourth-order valence-corrected chi connectivity index (χ4v) is 2.01. The molecule has 0 unspecified atom stereocenters. The maximum atomic E-state index is 11.7. The van der Waals surface area contributed by atoms with Gasteiger partial charge in [0.2, 0.25) is 0 Å². The van der Waals surface area contributed by atoms with Crippen molar-refractivity contribution in [2.45, 2.75) is 4.90 Å². The minimum atomic E-state index is -3.85. The molecule has 0 amide bonds. The van der Waals surface area contributed by atoms with Gasteiger partial charge in [0.1, 0.15) is 4.90 Å². The molecule has 0 N–H and O–H groups in total. The Morgan fingerprint density at radius 3 is 2.67 bits per heavy atom. The van der Waals surface area contributed by atoms with E-state index in [9.17, 15) is 8.42 Å². The summed E-state index contributed by atoms with van der Waals surface area (Å²) in [6.07, 6.45) is 4.51. The number of oxime groups is 1. The number of nitrogens with zero attached hydrogens (tertiary/aromatic N) is 3. The average molecular weight is 265 g/mol. The maximum absolute atomic E-state index is 11.7. The van der Waals surface area contributed by atoms with Crippen molar-refractivity contribution >= 4 is 16.3 Å². The number of hydrogen-bond acceptors (Lipinski definition) is 5. The van der Waals surface area contributed by atoms with E-state index in [1.165, 1.54) is 18.3 Å². The summed E-state index contributed by atoms with van der Waals surface area (Å²) in [5.74, 6) is 0. The van der Waals surface area contributed by atoms with Gasteiger partial charge in [-0.1, -0.05) is 23.4 Å². The zero-order valence-electron chi connectivity index (χ0n) is 9.59. The van der Waals surface area contributed by atoms with Crippen LogP contribution in [0, 0.1) is 0 Å². The predicted molar refractivity (Wildman–Crippen MR) is 65.5 cm³/mol. The van der Waals surface area contributed by atoms with Crippen LogP contribution in [-0.2, 0) is 21.4 Å². The van der Waals surface area contributed by atoms with Gasteiger partial charge >= 0.3 is 10.1 Å². The summed E-state index contributed by atoms with van der Waals surface area (Å²) in [5, 5.41) is 7.35. The lowest BCUT2D eigenvalue weighted by molar-refractivity contribution is 0.341. The molecule has 0 aliphatic carbocycles. The Balaban J connectivity index is 2.08. The first-order valence-electron chi connectivity index (χ1n) is 5.09. The quantitative estimate of drug-likeness (QED) is 0.614. The smallest absolute Gasteiger partial charge is 0.275 e. The lowest BCUT2D eigenvalue weighted by atomic mass is 10.4. The van der Waals surface area contributed by atoms with Gasteiger partial charge in [-0.3, -0.25) is 8.97 Å². The van der Waals surface area contributed by atoms with E-state index in [2.05, 4.69) is 14.5 Å². The lowest BCUT2D eigenvalue weighted by Gasteiger charge is -1.99. The molecule has 1 aromatic carbocycles. The van der Waals surface area contributed by atoms with Gasteiger partial charge in [-0.2, -0.15) is 13.5 Å². The SMILES string of the molecule is Cn1cc(C=NOS(=O)(=O)c2ccccc2)cn1. The number of benzene rings is 1. The molecule has 0 fully saturated rings. The van der Waals surface area contributed by atoms with E-state index in [4.69, 9.17) is 0 Å². The molecule has 0 aliphatic heterocycles. The van der Waals surface area contributed by atoms with Crippen LogP contribution in [0.15, 0.2) is 52.8 Å². The van der Waals surface area contributed by atoms with Crippen LogP contribution in [0.25, 0.3) is 0 Å². The highest BCUT2D eigenvalue weighted by atomic mass is 32.2. The van der Waals surface area contributed by atoms with Crippen LogP contribution >= 0.6 is 0 Å². The van der Waals surface area contributed by atoms with Gasteiger partial charge in [0.25, 0.3) is 0 Å². The molecule has 0 spiro atoms. The minimum absolute atomic E-state index is 0.0633. The molecule has 0 atom stereocenters. The van der Waals surface area contributed by atoms with Crippen LogP contribution in [0.4, 0.5) is 0 Å². The zero-order chi connectivity index (χ0) is 13.0. The summed E-state index contributed by atoms with van der Waals surface area (Å²) in [5.41, 5.74) is 0.653. The van der Waals surface area contributed by atoms with Crippen LogP contribution in [0.2, 0.25) is 0 Å². The normalized spacial score (nSPS) is 11.8. The molecular weight excluding hydrogens is 254 g/mol. The molecular formula is C11H11N3O3S. The molecule has 2 aromatic rings. The van der Waals surface area contributed by atoms with Gasteiger partial charge in [0.05, 0.1) is 12.4 Å². The van der Waals surface area contributed by atoms with Crippen LogP contribution in [-0.4, -0.2) is 24.4 Å². The van der Waals surface area contributed by atoms with Gasteiger partial charge in [-0.05, 0) is 12.1 Å². The van der Waals surface area contributed by atoms with E-state index in [-0.39, 0.29) is 4.90 Å². The highest BCUT2D eigenvalue weighted by Gasteiger charge is 2.14. The van der Waals surface area contributed by atoms with Crippen LogP contribution in [0.5, 0.6) is 0 Å². The van der Waals surface area contributed by atoms with E-state index in [0.29, 0.717) is 5.56 Å². The second kappa shape index (κ2) is 5.01. The lowest BCUT2D eigenvalue weighted by Crippen LogP contribution is -2.02. The largest absolute Gasteiger partial charge is 0.358 e. The van der Waals surface area contributed by atoms with Gasteiger partial charge in [-0.25, -0.2) is 0 Å². The first-order chi connectivity index (χ1) is 8.58. The van der Waals surface area contributed by atoms with Crippen molar-refractivity contribution in [3.63, 3.8) is 0 Å². The van der Waals surface area contributed by atoms with E-state index in [1.807, 2.05) is 0 Å². The molecule has 2 rings (SSSR count). The molecule has 0 bridgehead atoms. The Bertz CT molecular complexity index is 647. The number of aryl methyl sites for hydroxylation is 1. The van der Waals surface area contributed by atoms with Crippen LogP contribution in [0.3, 0.4) is 0 Å². The molecule has 0 radical (unpaired) electrons. The number of rotatable bonds is 4. The van der Waals surface area contributed by atoms with E-state index in [1.54, 1.807) is 42.3 Å². The highest BCUT2D eigenvalue weighted by Crippen LogP contribution is 2.11. The van der Waals surface area contributed by atoms with Gasteiger partial charge < -0.3 is 0 Å². The summed E-state index contributed by atoms with van der Waals surface area (Å²) in [7, 11) is -2.10. The molecule has 1 heterocycles. The summed E-state index contributed by atoms with van der Waals surface area (Å²) in [4.78, 5) is 0.0633. The van der Waals surface area contributed by atoms with Gasteiger partial charge in [0, 0.05) is 18.8 Å². The van der Waals surface area contributed by atoms with Crippen molar-refractivity contribution in [3.05, 3.63) is 48.3 Å². The average Bonchev–Trinajstić information content (AvgIpc) is 2.76. The maximum Gasteiger partial charge on any atom is 0.358 e. The van der Waals surface area contributed by atoms with Crippen molar-refractivity contribution in [2.75, 3.05) is 0 Å². The predicted octanol–water partition coefficient (Wildman–Crippen LogP) is 1.16. The molecule has 94 valence electrons. The third kappa shape index (κ3) is 2.95. The Hall–Kier alpha value is -2.15. The van der Waals surface area contributed by atoms with Crippen molar-refractivity contribution in [2.24, 2.45) is 12.2 Å². The Labute approximate surface area is 105 Å². The fraction of sp³-hybridized carbons (Fsp3) is 0.0909. The van der Waals surface area contributed by atoms with E-state index in [0.717, 1.165) is 0 Å². The first kappa shape index (κ1) is 12.3. The Morgan fingerprint density at radius 2 is 2.06 bits per heavy atom. The molecule has 7 heteroatoms. The number of aromatic nitrogens is 2. The highest BCUT2D eigenvalue weighted by molar-refractivity contribution is 7.86. The first-order valence-corrected chi connectivity index (χ1v) is 6.49. The summed E-state index contributed by atoms with van der Waals surface area (Å²) in [6.45, 7) is 0. The third-order valence-corrected chi connectivity index (χ3v) is 3.23. The van der Waals surface area contributed by atoms with Crippen LogP contribution < -0.4 is 0 Å². The van der Waals surface area contributed by atoms with Gasteiger partial charge in [-0.15, -0.1) is 0 Å².